The first kappa shape index (κ1) is 13.4. The average molecular weight is 240 g/mol. The summed E-state index contributed by atoms with van der Waals surface area (Å²) in [7, 11) is 1.42. The van der Waals surface area contributed by atoms with Crippen molar-refractivity contribution in [3.05, 3.63) is 34.7 Å². The molecule has 6 heteroatoms. The molecule has 94 valence electrons. The van der Waals surface area contributed by atoms with Crippen LogP contribution in [0.25, 0.3) is 0 Å². The summed E-state index contributed by atoms with van der Waals surface area (Å²) in [6, 6.07) is 4.75. The van der Waals surface area contributed by atoms with Crippen LogP contribution in [-0.2, 0) is 16.1 Å². The summed E-state index contributed by atoms with van der Waals surface area (Å²) in [6.45, 7) is 0.189. The Labute approximate surface area is 98.8 Å². The van der Waals surface area contributed by atoms with Gasteiger partial charge in [0, 0.05) is 25.9 Å². The van der Waals surface area contributed by atoms with E-state index in [1.807, 2.05) is 0 Å². The highest BCUT2D eigenvalue weighted by Gasteiger charge is 2.08. The van der Waals surface area contributed by atoms with Crippen molar-refractivity contribution in [1.29, 1.82) is 0 Å². The Balaban J connectivity index is 2.40. The van der Waals surface area contributed by atoms with Gasteiger partial charge in [-0.15, -0.1) is 0 Å². The molecule has 17 heavy (non-hydrogen) atoms. The van der Waals surface area contributed by atoms with Crippen LogP contribution in [0.15, 0.2) is 29.2 Å². The van der Waals surface area contributed by atoms with Gasteiger partial charge in [-0.1, -0.05) is 6.07 Å². The number of ether oxygens (including phenoxy) is 1. The minimum Gasteiger partial charge on any atom is -0.389 e. The number of carbonyl (C=O) groups excluding carboxylic acids is 1. The highest BCUT2D eigenvalue weighted by molar-refractivity contribution is 5.77. The number of nitrogens with zero attached hydrogens (tertiary/aromatic N) is 1. The zero-order valence-electron chi connectivity index (χ0n) is 9.63. The minimum absolute atomic E-state index is 0.0436. The predicted octanol–water partition coefficient (Wildman–Crippen LogP) is -1.03. The van der Waals surface area contributed by atoms with Crippen LogP contribution < -0.4 is 10.9 Å². The lowest BCUT2D eigenvalue weighted by Crippen LogP contribution is -2.37. The first-order valence-corrected chi connectivity index (χ1v) is 5.22. The molecule has 6 nitrogen and oxygen atoms in total. The van der Waals surface area contributed by atoms with E-state index in [-0.39, 0.29) is 31.2 Å². The summed E-state index contributed by atoms with van der Waals surface area (Å²) in [5.41, 5.74) is -0.185. The van der Waals surface area contributed by atoms with Gasteiger partial charge in [0.05, 0.1) is 12.6 Å². The van der Waals surface area contributed by atoms with E-state index in [1.165, 1.54) is 17.7 Å². The lowest BCUT2D eigenvalue weighted by molar-refractivity contribution is -0.125. The van der Waals surface area contributed by atoms with E-state index in [2.05, 4.69) is 10.1 Å². The molecule has 1 amide bonds. The molecule has 0 aliphatic heterocycles. The number of aliphatic hydroxyl groups is 1. The molecule has 1 aromatic rings. The monoisotopic (exact) mass is 240 g/mol. The van der Waals surface area contributed by atoms with Gasteiger partial charge in [-0.2, -0.15) is 0 Å². The first-order valence-electron chi connectivity index (χ1n) is 5.22. The minimum atomic E-state index is -0.809. The van der Waals surface area contributed by atoms with Gasteiger partial charge in [0.15, 0.2) is 0 Å². The largest absolute Gasteiger partial charge is 0.389 e. The lowest BCUT2D eigenvalue weighted by atomic mass is 10.3. The molecule has 0 fully saturated rings. The number of nitrogens with one attached hydrogen (secondary N) is 1. The molecule has 0 aliphatic carbocycles. The normalized spacial score (nSPS) is 12.1. The lowest BCUT2D eigenvalue weighted by Gasteiger charge is -2.13. The number of carbonyl (C=O) groups is 1. The van der Waals surface area contributed by atoms with Crippen molar-refractivity contribution in [2.45, 2.75) is 12.6 Å². The Kier molecular flexibility index (Phi) is 5.38. The molecule has 0 aliphatic rings. The first-order chi connectivity index (χ1) is 8.13. The molecule has 1 rings (SSSR count). The van der Waals surface area contributed by atoms with Crippen molar-refractivity contribution in [2.24, 2.45) is 0 Å². The second-order valence-electron chi connectivity index (χ2n) is 3.58. The van der Waals surface area contributed by atoms with E-state index in [0.717, 1.165) is 0 Å². The summed E-state index contributed by atoms with van der Waals surface area (Å²) >= 11 is 0. The molecule has 1 heterocycles. The van der Waals surface area contributed by atoms with Crippen LogP contribution in [0.2, 0.25) is 0 Å². The van der Waals surface area contributed by atoms with Gasteiger partial charge >= 0.3 is 0 Å². The zero-order valence-corrected chi connectivity index (χ0v) is 9.63. The van der Waals surface area contributed by atoms with Gasteiger partial charge in [0.2, 0.25) is 5.91 Å². The topological polar surface area (TPSA) is 80.6 Å². The maximum atomic E-state index is 11.3. The Bertz CT molecular complexity index is 416. The molecule has 0 bridgehead atoms. The van der Waals surface area contributed by atoms with Crippen molar-refractivity contribution in [1.82, 2.24) is 9.88 Å². The maximum Gasteiger partial charge on any atom is 0.250 e. The van der Waals surface area contributed by atoms with Crippen LogP contribution in [0.5, 0.6) is 0 Å². The zero-order chi connectivity index (χ0) is 12.7. The van der Waals surface area contributed by atoms with Gasteiger partial charge < -0.3 is 19.7 Å². The summed E-state index contributed by atoms with van der Waals surface area (Å²) in [6.07, 6.45) is 0.776. The Morgan fingerprint density at radius 2 is 2.35 bits per heavy atom. The fraction of sp³-hybridized carbons (Fsp3) is 0.455. The number of methoxy groups -OCH3 is 1. The standard InChI is InChI=1S/C11H16N2O4/c1-17-8-10(15)12-6-9(14)7-13-5-3-2-4-11(13)16/h2-5,9,14H,6-8H2,1H3,(H,12,15). The Morgan fingerprint density at radius 3 is 3.00 bits per heavy atom. The van der Waals surface area contributed by atoms with Gasteiger partial charge in [-0.25, -0.2) is 0 Å². The molecular weight excluding hydrogens is 224 g/mol. The quantitative estimate of drug-likeness (QED) is 0.666. The third-order valence-corrected chi connectivity index (χ3v) is 2.12. The Hall–Kier alpha value is -1.66. The molecule has 0 spiro atoms. The van der Waals surface area contributed by atoms with Crippen molar-refractivity contribution >= 4 is 5.91 Å². The molecule has 0 radical (unpaired) electrons. The van der Waals surface area contributed by atoms with Crippen molar-refractivity contribution in [3.8, 4) is 0 Å². The van der Waals surface area contributed by atoms with E-state index in [0.29, 0.717) is 0 Å². The third kappa shape index (κ3) is 4.80. The number of pyridine rings is 1. The van der Waals surface area contributed by atoms with Crippen LogP contribution in [0.4, 0.5) is 0 Å². The van der Waals surface area contributed by atoms with E-state index in [4.69, 9.17) is 0 Å². The van der Waals surface area contributed by atoms with E-state index in [1.54, 1.807) is 18.3 Å². The van der Waals surface area contributed by atoms with Gasteiger partial charge in [-0.3, -0.25) is 9.59 Å². The second kappa shape index (κ2) is 6.82. The van der Waals surface area contributed by atoms with Crippen molar-refractivity contribution in [2.75, 3.05) is 20.3 Å². The van der Waals surface area contributed by atoms with Gasteiger partial charge in [0.1, 0.15) is 6.61 Å². The van der Waals surface area contributed by atoms with Crippen LogP contribution in [0.1, 0.15) is 0 Å². The van der Waals surface area contributed by atoms with Crippen LogP contribution in [-0.4, -0.2) is 41.9 Å². The third-order valence-electron chi connectivity index (χ3n) is 2.12. The number of rotatable bonds is 6. The SMILES string of the molecule is COCC(=O)NCC(O)Cn1ccccc1=O. The number of hydrogen-bond donors (Lipinski definition) is 2. The van der Waals surface area contributed by atoms with Gasteiger partial charge in [-0.05, 0) is 6.07 Å². The highest BCUT2D eigenvalue weighted by atomic mass is 16.5. The predicted molar refractivity (Wildman–Crippen MR) is 61.6 cm³/mol. The van der Waals surface area contributed by atoms with E-state index >= 15 is 0 Å². The number of hydrogen-bond acceptors (Lipinski definition) is 4. The smallest absolute Gasteiger partial charge is 0.250 e. The molecule has 0 aromatic carbocycles. The highest BCUT2D eigenvalue weighted by Crippen LogP contribution is 1.88. The van der Waals surface area contributed by atoms with Crippen molar-refractivity contribution in [3.63, 3.8) is 0 Å². The Morgan fingerprint density at radius 1 is 1.59 bits per heavy atom. The fourth-order valence-electron chi connectivity index (χ4n) is 1.32. The summed E-state index contributed by atoms with van der Waals surface area (Å²) in [4.78, 5) is 22.4. The average Bonchev–Trinajstić information content (AvgIpc) is 2.30. The summed E-state index contributed by atoms with van der Waals surface area (Å²) in [5.74, 6) is -0.299. The number of amides is 1. The van der Waals surface area contributed by atoms with Crippen LogP contribution >= 0.6 is 0 Å². The fourth-order valence-corrected chi connectivity index (χ4v) is 1.32. The number of aliphatic hydroxyl groups excluding tert-OH is 1. The molecule has 1 aromatic heterocycles. The molecule has 1 unspecified atom stereocenters. The van der Waals surface area contributed by atoms with E-state index < -0.39 is 6.10 Å². The molecule has 2 N–H and O–H groups in total. The van der Waals surface area contributed by atoms with Crippen molar-refractivity contribution < 1.29 is 14.6 Å². The van der Waals surface area contributed by atoms with Crippen LogP contribution in [0, 0.1) is 0 Å². The van der Waals surface area contributed by atoms with E-state index in [9.17, 15) is 14.7 Å². The van der Waals surface area contributed by atoms with Crippen LogP contribution in [0.3, 0.4) is 0 Å². The molecule has 0 saturated carbocycles. The maximum absolute atomic E-state index is 11.3. The second-order valence-corrected chi connectivity index (χ2v) is 3.58. The molecular formula is C11H16N2O4. The summed E-state index contributed by atoms with van der Waals surface area (Å²) in [5, 5.41) is 12.1. The summed E-state index contributed by atoms with van der Waals surface area (Å²) < 4.78 is 6.01. The van der Waals surface area contributed by atoms with Gasteiger partial charge in [0.25, 0.3) is 5.56 Å². The molecule has 0 saturated heterocycles. The molecule has 1 atom stereocenters. The number of aromatic nitrogens is 1.